The maximum atomic E-state index is 3.72. The number of nitrogens with one attached hydrogen (secondary N) is 1. The van der Waals surface area contributed by atoms with Gasteiger partial charge >= 0.3 is 0 Å². The van der Waals surface area contributed by atoms with E-state index in [9.17, 15) is 0 Å². The van der Waals surface area contributed by atoms with Crippen LogP contribution < -0.4 is 5.32 Å². The lowest BCUT2D eigenvalue weighted by molar-refractivity contribution is 0.536. The highest BCUT2D eigenvalue weighted by Crippen LogP contribution is 2.29. The van der Waals surface area contributed by atoms with E-state index in [-0.39, 0.29) is 0 Å². The van der Waals surface area contributed by atoms with Gasteiger partial charge in [0.25, 0.3) is 0 Å². The topological polar surface area (TPSA) is 12.0 Å². The molecule has 1 N–H and O–H groups in total. The third kappa shape index (κ3) is 4.42. The fourth-order valence-electron chi connectivity index (χ4n) is 2.79. The Morgan fingerprint density at radius 2 is 1.67 bits per heavy atom. The van der Waals surface area contributed by atoms with Crippen LogP contribution in [0.1, 0.15) is 51.4 Å². The van der Waals surface area contributed by atoms with E-state index in [1.54, 1.807) is 0 Å². The Morgan fingerprint density at radius 1 is 1.00 bits per heavy atom. The third-order valence-electron chi connectivity index (χ3n) is 3.89. The summed E-state index contributed by atoms with van der Waals surface area (Å²) in [7, 11) is 0. The average Bonchev–Trinajstić information content (AvgIpc) is 2.73. The molecule has 0 saturated heterocycles. The second-order valence-electron chi connectivity index (χ2n) is 6.09. The first kappa shape index (κ1) is 16.3. The van der Waals surface area contributed by atoms with E-state index in [4.69, 9.17) is 0 Å². The fourth-order valence-corrected chi connectivity index (χ4v) is 3.91. The second kappa shape index (κ2) is 7.24. The number of benzene rings is 1. The zero-order valence-corrected chi connectivity index (χ0v) is 14.7. The van der Waals surface area contributed by atoms with Gasteiger partial charge in [0.1, 0.15) is 0 Å². The number of rotatable bonds is 6. The summed E-state index contributed by atoms with van der Waals surface area (Å²) in [5, 5.41) is 3.72. The monoisotopic (exact) mass is 301 g/mol. The Morgan fingerprint density at radius 3 is 2.19 bits per heavy atom. The van der Waals surface area contributed by atoms with Crippen molar-refractivity contribution in [2.75, 3.05) is 6.54 Å². The predicted molar refractivity (Wildman–Crippen MR) is 94.4 cm³/mol. The maximum absolute atomic E-state index is 3.72. The summed E-state index contributed by atoms with van der Waals surface area (Å²) in [6, 6.07) is 9.68. The standard InChI is InChI=1S/C19H27NS/c1-6-7-20-18(19-11-15(4)16(5)21-19)12-17-9-13(2)8-14(3)10-17/h8-11,18,20H,6-7,12H2,1-5H3. The van der Waals surface area contributed by atoms with Gasteiger partial charge in [-0.1, -0.05) is 36.2 Å². The largest absolute Gasteiger partial charge is 0.309 e. The van der Waals surface area contributed by atoms with Crippen LogP contribution >= 0.6 is 11.3 Å². The molecule has 0 bridgehead atoms. The molecule has 1 nitrogen and oxygen atoms in total. The number of aryl methyl sites for hydroxylation is 4. The van der Waals surface area contributed by atoms with Crippen molar-refractivity contribution in [1.82, 2.24) is 5.32 Å². The minimum absolute atomic E-state index is 0.434. The van der Waals surface area contributed by atoms with Crippen molar-refractivity contribution < 1.29 is 0 Å². The van der Waals surface area contributed by atoms with Crippen LogP contribution in [0.3, 0.4) is 0 Å². The van der Waals surface area contributed by atoms with Crippen molar-refractivity contribution in [3.05, 3.63) is 56.3 Å². The number of hydrogen-bond donors (Lipinski definition) is 1. The molecule has 0 aliphatic carbocycles. The van der Waals surface area contributed by atoms with Crippen molar-refractivity contribution in [3.63, 3.8) is 0 Å². The SMILES string of the molecule is CCCNC(Cc1cc(C)cc(C)c1)c1cc(C)c(C)s1. The molecule has 0 spiro atoms. The smallest absolute Gasteiger partial charge is 0.0455 e. The molecule has 2 rings (SSSR count). The van der Waals surface area contributed by atoms with Crippen LogP contribution in [0, 0.1) is 27.7 Å². The van der Waals surface area contributed by atoms with Crippen LogP contribution in [-0.4, -0.2) is 6.54 Å². The summed E-state index contributed by atoms with van der Waals surface area (Å²) < 4.78 is 0. The minimum Gasteiger partial charge on any atom is -0.309 e. The van der Waals surface area contributed by atoms with Crippen LogP contribution in [0.4, 0.5) is 0 Å². The number of thiophene rings is 1. The molecule has 1 atom stereocenters. The lowest BCUT2D eigenvalue weighted by Crippen LogP contribution is -2.23. The molecule has 0 aliphatic heterocycles. The molecule has 21 heavy (non-hydrogen) atoms. The fraction of sp³-hybridized carbons (Fsp3) is 0.474. The quantitative estimate of drug-likeness (QED) is 0.767. The van der Waals surface area contributed by atoms with Crippen molar-refractivity contribution in [2.24, 2.45) is 0 Å². The van der Waals surface area contributed by atoms with Gasteiger partial charge in [-0.3, -0.25) is 0 Å². The van der Waals surface area contributed by atoms with Gasteiger partial charge in [-0.2, -0.15) is 0 Å². The normalized spacial score (nSPS) is 12.6. The van der Waals surface area contributed by atoms with Gasteiger partial charge < -0.3 is 5.32 Å². The summed E-state index contributed by atoms with van der Waals surface area (Å²) in [4.78, 5) is 2.91. The Bertz CT molecular complexity index is 558. The van der Waals surface area contributed by atoms with E-state index in [0.29, 0.717) is 6.04 Å². The molecule has 114 valence electrons. The van der Waals surface area contributed by atoms with Crippen molar-refractivity contribution in [1.29, 1.82) is 0 Å². The first-order valence-corrected chi connectivity index (χ1v) is 8.68. The molecule has 1 unspecified atom stereocenters. The van der Waals surface area contributed by atoms with Crippen LogP contribution in [0.2, 0.25) is 0 Å². The molecule has 1 heterocycles. The second-order valence-corrected chi connectivity index (χ2v) is 7.38. The molecule has 0 aliphatic rings. The van der Waals surface area contributed by atoms with Crippen LogP contribution in [0.5, 0.6) is 0 Å². The lowest BCUT2D eigenvalue weighted by atomic mass is 10.00. The molecule has 1 aromatic carbocycles. The van der Waals surface area contributed by atoms with Crippen molar-refractivity contribution in [3.8, 4) is 0 Å². The lowest BCUT2D eigenvalue weighted by Gasteiger charge is -2.18. The van der Waals surface area contributed by atoms with E-state index < -0.39 is 0 Å². The number of hydrogen-bond acceptors (Lipinski definition) is 2. The third-order valence-corrected chi connectivity index (χ3v) is 5.16. The zero-order valence-electron chi connectivity index (χ0n) is 13.9. The average molecular weight is 301 g/mol. The van der Waals surface area contributed by atoms with Gasteiger partial charge in [0, 0.05) is 15.8 Å². The highest BCUT2D eigenvalue weighted by atomic mass is 32.1. The molecule has 0 fully saturated rings. The molecule has 2 aromatic rings. The summed E-state index contributed by atoms with van der Waals surface area (Å²) in [5.74, 6) is 0. The molecule has 0 amide bonds. The van der Waals surface area contributed by atoms with Crippen LogP contribution in [-0.2, 0) is 6.42 Å². The Kier molecular flexibility index (Phi) is 5.60. The van der Waals surface area contributed by atoms with Crippen LogP contribution in [0.15, 0.2) is 24.3 Å². The van der Waals surface area contributed by atoms with E-state index in [1.807, 2.05) is 11.3 Å². The van der Waals surface area contributed by atoms with Crippen molar-refractivity contribution >= 4 is 11.3 Å². The molecule has 0 radical (unpaired) electrons. The van der Waals surface area contributed by atoms with Gasteiger partial charge in [0.15, 0.2) is 0 Å². The Balaban J connectivity index is 2.23. The molecular formula is C19H27NS. The van der Waals surface area contributed by atoms with Gasteiger partial charge in [0.2, 0.25) is 0 Å². The maximum Gasteiger partial charge on any atom is 0.0455 e. The predicted octanol–water partition coefficient (Wildman–Crippen LogP) is 5.27. The first-order chi connectivity index (χ1) is 9.99. The van der Waals surface area contributed by atoms with E-state index in [1.165, 1.54) is 38.4 Å². The molecule has 1 aromatic heterocycles. The highest BCUT2D eigenvalue weighted by molar-refractivity contribution is 7.12. The summed E-state index contributed by atoms with van der Waals surface area (Å²) in [6.07, 6.45) is 2.24. The van der Waals surface area contributed by atoms with E-state index in [0.717, 1.165) is 13.0 Å². The summed E-state index contributed by atoms with van der Waals surface area (Å²) >= 11 is 1.94. The molecule has 2 heteroatoms. The van der Waals surface area contributed by atoms with Gasteiger partial charge in [-0.15, -0.1) is 11.3 Å². The minimum atomic E-state index is 0.434. The summed E-state index contributed by atoms with van der Waals surface area (Å²) in [6.45, 7) is 12.1. The van der Waals surface area contributed by atoms with E-state index >= 15 is 0 Å². The Labute approximate surface area is 133 Å². The first-order valence-electron chi connectivity index (χ1n) is 7.87. The molecule has 0 saturated carbocycles. The van der Waals surface area contributed by atoms with Crippen molar-refractivity contribution in [2.45, 2.75) is 53.5 Å². The van der Waals surface area contributed by atoms with Gasteiger partial charge in [-0.05, 0) is 64.3 Å². The Hall–Kier alpha value is -1.12. The van der Waals surface area contributed by atoms with Crippen LogP contribution in [0.25, 0.3) is 0 Å². The zero-order chi connectivity index (χ0) is 15.4. The van der Waals surface area contributed by atoms with E-state index in [2.05, 4.69) is 64.2 Å². The van der Waals surface area contributed by atoms with Gasteiger partial charge in [-0.25, -0.2) is 0 Å². The molecular weight excluding hydrogens is 274 g/mol. The highest BCUT2D eigenvalue weighted by Gasteiger charge is 2.15. The van der Waals surface area contributed by atoms with Gasteiger partial charge in [0.05, 0.1) is 0 Å². The summed E-state index contributed by atoms with van der Waals surface area (Å²) in [5.41, 5.74) is 5.57.